The van der Waals surface area contributed by atoms with Crippen LogP contribution in [0, 0.1) is 20.8 Å². The minimum atomic E-state index is 0.0396. The lowest BCUT2D eigenvalue weighted by molar-refractivity contribution is 0.837. The zero-order valence-electron chi connectivity index (χ0n) is 10.7. The highest BCUT2D eigenvalue weighted by atomic mass is 32.1. The van der Waals surface area contributed by atoms with Crippen molar-refractivity contribution < 1.29 is 0 Å². The minimum Gasteiger partial charge on any atom is -0.323 e. The summed E-state index contributed by atoms with van der Waals surface area (Å²) in [5.41, 5.74) is 10.8. The Morgan fingerprint density at radius 2 is 1.88 bits per heavy atom. The molecular weight excluding hydrogens is 228 g/mol. The first-order valence-electron chi connectivity index (χ1n) is 5.79. The van der Waals surface area contributed by atoms with Crippen molar-refractivity contribution in [3.63, 3.8) is 0 Å². The van der Waals surface area contributed by atoms with Crippen molar-refractivity contribution in [3.05, 3.63) is 39.2 Å². The average molecular weight is 246 g/mol. The van der Waals surface area contributed by atoms with E-state index >= 15 is 0 Å². The van der Waals surface area contributed by atoms with Gasteiger partial charge in [-0.1, -0.05) is 12.1 Å². The molecule has 0 saturated carbocycles. The lowest BCUT2D eigenvalue weighted by Gasteiger charge is -2.07. The molecule has 1 heterocycles. The van der Waals surface area contributed by atoms with Crippen LogP contribution >= 0.6 is 11.3 Å². The number of nitrogens with two attached hydrogens (primary N) is 1. The molecule has 2 nitrogen and oxygen atoms in total. The Morgan fingerprint density at radius 1 is 1.18 bits per heavy atom. The van der Waals surface area contributed by atoms with Crippen molar-refractivity contribution in [2.75, 3.05) is 0 Å². The Morgan fingerprint density at radius 3 is 2.47 bits per heavy atom. The fourth-order valence-electron chi connectivity index (χ4n) is 1.85. The van der Waals surface area contributed by atoms with Crippen LogP contribution in [-0.4, -0.2) is 4.98 Å². The zero-order valence-corrected chi connectivity index (χ0v) is 11.6. The van der Waals surface area contributed by atoms with Crippen molar-refractivity contribution in [1.82, 2.24) is 4.98 Å². The Kier molecular flexibility index (Phi) is 3.31. The van der Waals surface area contributed by atoms with E-state index < -0.39 is 0 Å². The molecule has 0 spiro atoms. The van der Waals surface area contributed by atoms with Crippen LogP contribution in [0.2, 0.25) is 0 Å². The van der Waals surface area contributed by atoms with E-state index in [2.05, 4.69) is 37.0 Å². The van der Waals surface area contributed by atoms with E-state index in [0.29, 0.717) is 0 Å². The number of benzene rings is 1. The predicted octanol–water partition coefficient (Wildman–Crippen LogP) is 3.76. The van der Waals surface area contributed by atoms with E-state index in [1.54, 1.807) is 11.3 Å². The van der Waals surface area contributed by atoms with Gasteiger partial charge in [-0.15, -0.1) is 11.3 Å². The number of aryl methyl sites for hydroxylation is 3. The van der Waals surface area contributed by atoms with Crippen LogP contribution in [0.1, 0.15) is 34.0 Å². The normalized spacial score (nSPS) is 12.8. The first-order chi connectivity index (χ1) is 7.99. The average Bonchev–Trinajstić information content (AvgIpc) is 2.64. The number of rotatable bonds is 2. The van der Waals surface area contributed by atoms with Crippen LogP contribution in [0.15, 0.2) is 18.2 Å². The molecule has 0 amide bonds. The number of thiazole rings is 1. The van der Waals surface area contributed by atoms with Gasteiger partial charge in [0.05, 0.1) is 10.7 Å². The van der Waals surface area contributed by atoms with Gasteiger partial charge >= 0.3 is 0 Å². The van der Waals surface area contributed by atoms with Crippen LogP contribution in [0.3, 0.4) is 0 Å². The van der Waals surface area contributed by atoms with E-state index in [9.17, 15) is 0 Å². The molecule has 1 unspecified atom stereocenters. The van der Waals surface area contributed by atoms with E-state index in [0.717, 1.165) is 10.7 Å². The predicted molar refractivity (Wildman–Crippen MR) is 74.4 cm³/mol. The van der Waals surface area contributed by atoms with Gasteiger partial charge in [0.15, 0.2) is 0 Å². The molecule has 0 saturated heterocycles. The molecule has 2 N–H and O–H groups in total. The van der Waals surface area contributed by atoms with Crippen molar-refractivity contribution in [2.45, 2.75) is 33.7 Å². The summed E-state index contributed by atoms with van der Waals surface area (Å²) in [7, 11) is 0. The molecule has 0 fully saturated rings. The molecule has 3 heteroatoms. The summed E-state index contributed by atoms with van der Waals surface area (Å²) in [4.78, 5) is 5.78. The Labute approximate surface area is 107 Å². The smallest absolute Gasteiger partial charge is 0.0905 e. The Balaban J connectivity index is 2.55. The molecule has 0 aliphatic rings. The molecule has 0 bridgehead atoms. The van der Waals surface area contributed by atoms with Crippen LogP contribution < -0.4 is 5.73 Å². The van der Waals surface area contributed by atoms with Gasteiger partial charge in [-0.05, 0) is 44.9 Å². The summed E-state index contributed by atoms with van der Waals surface area (Å²) in [6.45, 7) is 8.29. The van der Waals surface area contributed by atoms with Crippen molar-refractivity contribution in [3.8, 4) is 11.3 Å². The fourth-order valence-corrected chi connectivity index (χ4v) is 2.75. The zero-order chi connectivity index (χ0) is 12.6. The van der Waals surface area contributed by atoms with Gasteiger partial charge in [0.25, 0.3) is 0 Å². The summed E-state index contributed by atoms with van der Waals surface area (Å²) < 4.78 is 0. The van der Waals surface area contributed by atoms with E-state index in [1.165, 1.54) is 21.6 Å². The first-order valence-corrected chi connectivity index (χ1v) is 6.61. The van der Waals surface area contributed by atoms with Gasteiger partial charge < -0.3 is 5.73 Å². The fraction of sp³-hybridized carbons (Fsp3) is 0.357. The highest BCUT2D eigenvalue weighted by molar-refractivity contribution is 7.12. The van der Waals surface area contributed by atoms with Crippen LogP contribution in [0.25, 0.3) is 11.3 Å². The second-order valence-corrected chi connectivity index (χ2v) is 5.77. The molecule has 0 aliphatic carbocycles. The molecule has 1 atom stereocenters. The first kappa shape index (κ1) is 12.3. The molecule has 2 aromatic rings. The van der Waals surface area contributed by atoms with Crippen molar-refractivity contribution >= 4 is 11.3 Å². The standard InChI is InChI=1S/C14H18N2S/c1-8-5-6-12(7-9(8)2)13-14(10(3)15)17-11(4)16-13/h5-7,10H,15H2,1-4H3. The largest absolute Gasteiger partial charge is 0.323 e. The van der Waals surface area contributed by atoms with Gasteiger partial charge in [-0.2, -0.15) is 0 Å². The summed E-state index contributed by atoms with van der Waals surface area (Å²) in [6.07, 6.45) is 0. The molecule has 2 rings (SSSR count). The van der Waals surface area contributed by atoms with Crippen LogP contribution in [-0.2, 0) is 0 Å². The second kappa shape index (κ2) is 4.59. The van der Waals surface area contributed by atoms with Gasteiger partial charge in [-0.25, -0.2) is 4.98 Å². The molecule has 90 valence electrons. The Hall–Kier alpha value is -1.19. The molecule has 0 radical (unpaired) electrons. The topological polar surface area (TPSA) is 38.9 Å². The van der Waals surface area contributed by atoms with Gasteiger partial charge in [0.2, 0.25) is 0 Å². The molecule has 17 heavy (non-hydrogen) atoms. The van der Waals surface area contributed by atoms with E-state index in [-0.39, 0.29) is 6.04 Å². The maximum absolute atomic E-state index is 6.00. The molecule has 1 aromatic heterocycles. The monoisotopic (exact) mass is 246 g/mol. The van der Waals surface area contributed by atoms with E-state index in [4.69, 9.17) is 5.73 Å². The molecular formula is C14H18N2S. The highest BCUT2D eigenvalue weighted by Gasteiger charge is 2.14. The number of aromatic nitrogens is 1. The van der Waals surface area contributed by atoms with Gasteiger partial charge in [0, 0.05) is 16.5 Å². The molecule has 0 aliphatic heterocycles. The van der Waals surface area contributed by atoms with Crippen LogP contribution in [0.5, 0.6) is 0 Å². The third kappa shape index (κ3) is 2.40. The SMILES string of the molecule is Cc1nc(-c2ccc(C)c(C)c2)c(C(C)N)s1. The van der Waals surface area contributed by atoms with Crippen LogP contribution in [0.4, 0.5) is 0 Å². The van der Waals surface area contributed by atoms with Crippen molar-refractivity contribution in [1.29, 1.82) is 0 Å². The third-order valence-corrected chi connectivity index (χ3v) is 4.13. The van der Waals surface area contributed by atoms with E-state index in [1.807, 2.05) is 13.8 Å². The molecule has 1 aromatic carbocycles. The maximum Gasteiger partial charge on any atom is 0.0905 e. The van der Waals surface area contributed by atoms with Gasteiger partial charge in [0.1, 0.15) is 0 Å². The third-order valence-electron chi connectivity index (χ3n) is 2.95. The lowest BCUT2D eigenvalue weighted by Crippen LogP contribution is -2.04. The minimum absolute atomic E-state index is 0.0396. The second-order valence-electron chi connectivity index (χ2n) is 4.53. The number of hydrogen-bond donors (Lipinski definition) is 1. The van der Waals surface area contributed by atoms with Gasteiger partial charge in [-0.3, -0.25) is 0 Å². The maximum atomic E-state index is 6.00. The van der Waals surface area contributed by atoms with Crippen molar-refractivity contribution in [2.24, 2.45) is 5.73 Å². The highest BCUT2D eigenvalue weighted by Crippen LogP contribution is 2.32. The summed E-state index contributed by atoms with van der Waals surface area (Å²) >= 11 is 1.69. The lowest BCUT2D eigenvalue weighted by atomic mass is 10.0. The Bertz CT molecular complexity index is 541. The summed E-state index contributed by atoms with van der Waals surface area (Å²) in [5, 5.41) is 1.07. The number of hydrogen-bond acceptors (Lipinski definition) is 3. The number of nitrogens with zero attached hydrogens (tertiary/aromatic N) is 1. The summed E-state index contributed by atoms with van der Waals surface area (Å²) in [6, 6.07) is 6.50. The quantitative estimate of drug-likeness (QED) is 0.876. The summed E-state index contributed by atoms with van der Waals surface area (Å²) in [5.74, 6) is 0.